The van der Waals surface area contributed by atoms with Gasteiger partial charge in [0.25, 0.3) is 0 Å². The zero-order valence-corrected chi connectivity index (χ0v) is 12.2. The molecule has 4 N–H and O–H groups in total. The molecule has 0 unspecified atom stereocenters. The molecule has 0 spiro atoms. The minimum absolute atomic E-state index is 0.0235. The van der Waals surface area contributed by atoms with Crippen LogP contribution in [0, 0.1) is 3.57 Å². The number of benzene rings is 1. The number of carbonyl (C=O) groups excluding carboxylic acids is 1. The van der Waals surface area contributed by atoms with Crippen LogP contribution in [0.4, 0.5) is 5.69 Å². The van der Waals surface area contributed by atoms with Crippen LogP contribution in [-0.2, 0) is 8.53 Å². The van der Waals surface area contributed by atoms with E-state index < -0.39 is 30.2 Å². The van der Waals surface area contributed by atoms with Crippen LogP contribution in [-0.4, -0.2) is 33.4 Å². The van der Waals surface area contributed by atoms with Crippen LogP contribution in [0.15, 0.2) is 12.1 Å². The number of rotatable bonds is 2. The van der Waals surface area contributed by atoms with E-state index in [1.807, 2.05) is 22.6 Å². The summed E-state index contributed by atoms with van der Waals surface area (Å²) in [5.74, 6) is -1.00. The van der Waals surface area contributed by atoms with Crippen LogP contribution < -0.4 is 9.67 Å². The molecule has 0 atom stereocenters. The summed E-state index contributed by atoms with van der Waals surface area (Å²) in [5.41, 5.74) is 0.0235. The summed E-state index contributed by atoms with van der Waals surface area (Å²) in [6, 6.07) is 2.57. The Labute approximate surface area is 108 Å². The van der Waals surface area contributed by atoms with Crippen molar-refractivity contribution >= 4 is 52.7 Å². The third-order valence-electron chi connectivity index (χ3n) is 1.72. The van der Waals surface area contributed by atoms with Crippen LogP contribution in [0.1, 0.15) is 6.92 Å². The molecule has 1 aromatic carbocycles. The molecule has 0 bridgehead atoms. The summed E-state index contributed by atoms with van der Waals surface area (Å²) in [5, 5.41) is 12.0. The van der Waals surface area contributed by atoms with Gasteiger partial charge in [0.2, 0.25) is 0 Å². The Balaban J connectivity index is 3.38. The second-order valence-corrected chi connectivity index (χ2v) is 7.47. The number of hydrogen-bond donors (Lipinski definition) is 4. The molecule has 0 radical (unpaired) electrons. The Kier molecular flexibility index (Phi) is 4.06. The number of anilines is 1. The Morgan fingerprint density at radius 1 is 1.44 bits per heavy atom. The van der Waals surface area contributed by atoms with E-state index in [1.165, 1.54) is 13.0 Å². The quantitative estimate of drug-likeness (QED) is 0.304. The topological polar surface area (TPSA) is 107 Å². The third-order valence-corrected chi connectivity index (χ3v) is 4.69. The molecule has 0 aliphatic heterocycles. The van der Waals surface area contributed by atoms with E-state index in [2.05, 4.69) is 5.32 Å². The predicted molar refractivity (Wildman–Crippen MR) is 65.6 cm³/mol. The number of halogens is 1. The Bertz CT molecular complexity index is 484. The summed E-state index contributed by atoms with van der Waals surface area (Å²) in [4.78, 5) is 10.9. The number of hydrogen-bond acceptors (Lipinski definition) is 3. The van der Waals surface area contributed by atoms with Gasteiger partial charge in [0.15, 0.2) is 0 Å². The zero-order valence-electron chi connectivity index (χ0n) is 8.14. The normalized spacial score (nSPS) is 11.2. The Hall–Kier alpha value is -0.502. The van der Waals surface area contributed by atoms with Gasteiger partial charge >= 0.3 is 108 Å². The molecular weight excluding hydrogens is 392 g/mol. The first kappa shape index (κ1) is 13.6. The molecule has 1 rings (SSSR count). The number of phenols is 1. The van der Waals surface area contributed by atoms with Gasteiger partial charge in [0, 0.05) is 0 Å². The Morgan fingerprint density at radius 3 is 2.44 bits per heavy atom. The monoisotopic (exact) mass is 401 g/mol. The molecule has 1 aromatic rings. The summed E-state index contributed by atoms with van der Waals surface area (Å²) < 4.78 is 29.2. The van der Waals surface area contributed by atoms with E-state index in [1.54, 1.807) is 0 Å². The summed E-state index contributed by atoms with van der Waals surface area (Å²) in [7, 11) is 0. The van der Waals surface area contributed by atoms with E-state index in [9.17, 15) is 13.6 Å². The number of aromatic hydroxyl groups is 1. The maximum absolute atomic E-state index is 11.1. The second-order valence-electron chi connectivity index (χ2n) is 3.02. The van der Waals surface area contributed by atoms with Gasteiger partial charge < -0.3 is 0 Å². The molecule has 0 saturated heterocycles. The molecule has 0 aromatic heterocycles. The van der Waals surface area contributed by atoms with Crippen molar-refractivity contribution in [2.45, 2.75) is 6.92 Å². The molecule has 0 aliphatic carbocycles. The van der Waals surface area contributed by atoms with Crippen molar-refractivity contribution in [2.24, 2.45) is 0 Å². The van der Waals surface area contributed by atoms with Gasteiger partial charge in [-0.05, 0) is 0 Å². The average molecular weight is 401 g/mol. The van der Waals surface area contributed by atoms with Crippen molar-refractivity contribution in [3.8, 4) is 5.75 Å². The van der Waals surface area contributed by atoms with Crippen LogP contribution in [0.3, 0.4) is 0 Å². The minimum atomic E-state index is -5.18. The fourth-order valence-corrected chi connectivity index (χ4v) is 3.03. The van der Waals surface area contributed by atoms with Crippen molar-refractivity contribution in [3.63, 3.8) is 0 Å². The van der Waals surface area contributed by atoms with Crippen LogP contribution in [0.25, 0.3) is 0 Å². The fraction of sp³-hybridized carbons (Fsp3) is 0.125. The number of carbonyl (C=O) groups is 1. The predicted octanol–water partition coefficient (Wildman–Crippen LogP) is -0.484. The fourth-order valence-electron chi connectivity index (χ4n) is 1.09. The summed E-state index contributed by atoms with van der Waals surface area (Å²) in [6.07, 6.45) is 0. The molecule has 1 amide bonds. The van der Waals surface area contributed by atoms with Gasteiger partial charge in [-0.3, -0.25) is 0 Å². The first-order valence-electron chi connectivity index (χ1n) is 4.08. The van der Waals surface area contributed by atoms with E-state index >= 15 is 0 Å². The summed E-state index contributed by atoms with van der Waals surface area (Å²) >= 11 is -3.34. The SMILES string of the molecule is CC(=O)Nc1c(I)ccc([As](=O)(O)O)c1O. The van der Waals surface area contributed by atoms with Gasteiger partial charge in [-0.1, -0.05) is 0 Å². The molecule has 16 heavy (non-hydrogen) atoms. The first-order chi connectivity index (χ1) is 7.23. The molecule has 6 nitrogen and oxygen atoms in total. The van der Waals surface area contributed by atoms with Gasteiger partial charge in [0.1, 0.15) is 0 Å². The van der Waals surface area contributed by atoms with E-state index in [0.717, 1.165) is 6.07 Å². The molecule has 8 heteroatoms. The van der Waals surface area contributed by atoms with Gasteiger partial charge in [0.05, 0.1) is 0 Å². The van der Waals surface area contributed by atoms with E-state index in [-0.39, 0.29) is 5.69 Å². The second kappa shape index (κ2) is 4.78. The Morgan fingerprint density at radius 2 is 2.00 bits per heavy atom. The third kappa shape index (κ3) is 3.00. The standard InChI is InChI=1S/C8H9AsINO5/c1-4(12)11-7-6(10)3-2-5(8(7)13)9(14,15)16/h2-3,13H,1H3,(H,11,12)(H2,14,15,16). The van der Waals surface area contributed by atoms with Crippen LogP contribution in [0.2, 0.25) is 0 Å². The van der Waals surface area contributed by atoms with Crippen molar-refractivity contribution in [2.75, 3.05) is 5.32 Å². The van der Waals surface area contributed by atoms with Crippen molar-refractivity contribution in [1.82, 2.24) is 0 Å². The number of phenolic OH excluding ortho intramolecular Hbond substituents is 1. The maximum atomic E-state index is 11.1. The van der Waals surface area contributed by atoms with Crippen molar-refractivity contribution in [3.05, 3.63) is 15.7 Å². The van der Waals surface area contributed by atoms with Crippen molar-refractivity contribution in [1.29, 1.82) is 0 Å². The first-order valence-corrected chi connectivity index (χ1v) is 8.55. The van der Waals surface area contributed by atoms with E-state index in [0.29, 0.717) is 3.57 Å². The molecule has 88 valence electrons. The molecular formula is C8H9AsINO5. The molecule has 0 aliphatic rings. The number of nitrogens with one attached hydrogen (secondary N) is 1. The molecule has 0 fully saturated rings. The summed E-state index contributed by atoms with van der Waals surface area (Å²) in [6.45, 7) is 1.24. The van der Waals surface area contributed by atoms with Gasteiger partial charge in [-0.2, -0.15) is 0 Å². The molecule has 0 heterocycles. The number of amides is 1. The van der Waals surface area contributed by atoms with Crippen molar-refractivity contribution < 1.29 is 21.8 Å². The van der Waals surface area contributed by atoms with Crippen LogP contribution >= 0.6 is 22.6 Å². The average Bonchev–Trinajstić information content (AvgIpc) is 2.09. The van der Waals surface area contributed by atoms with Gasteiger partial charge in [-0.25, -0.2) is 0 Å². The van der Waals surface area contributed by atoms with Crippen LogP contribution in [0.5, 0.6) is 5.75 Å². The van der Waals surface area contributed by atoms with E-state index in [4.69, 9.17) is 8.19 Å². The zero-order chi connectivity index (χ0) is 12.5. The van der Waals surface area contributed by atoms with Gasteiger partial charge in [-0.15, -0.1) is 0 Å². The molecule has 0 saturated carbocycles.